The minimum Gasteiger partial charge on any atom is -0.302 e. The fraction of sp³-hybridized carbons (Fsp3) is 0.320. The molecule has 158 valence electrons. The topological polar surface area (TPSA) is 40.6 Å². The SMILES string of the molecule is CCN1C(=O)/C(=C2/C(=O)N3c4c2cccc4[C@@](C)(c2ccccc2)CC3(C)C)SC1=S. The van der Waals surface area contributed by atoms with Gasteiger partial charge in [0.25, 0.3) is 11.8 Å². The van der Waals surface area contributed by atoms with Gasteiger partial charge in [0.1, 0.15) is 4.32 Å². The minimum atomic E-state index is -0.412. The summed E-state index contributed by atoms with van der Waals surface area (Å²) in [7, 11) is 0. The Morgan fingerprint density at radius 1 is 1.00 bits per heavy atom. The lowest BCUT2D eigenvalue weighted by Gasteiger charge is -2.49. The molecule has 4 nitrogen and oxygen atoms in total. The third-order valence-corrected chi connectivity index (χ3v) is 8.18. The van der Waals surface area contributed by atoms with Crippen LogP contribution in [0.25, 0.3) is 5.57 Å². The highest BCUT2D eigenvalue weighted by atomic mass is 32.2. The maximum absolute atomic E-state index is 13.8. The van der Waals surface area contributed by atoms with Gasteiger partial charge in [-0.15, -0.1) is 0 Å². The number of nitrogens with zero attached hydrogens (tertiary/aromatic N) is 2. The number of benzene rings is 2. The number of carbonyl (C=O) groups is 2. The predicted octanol–water partition coefficient (Wildman–Crippen LogP) is 5.11. The molecule has 0 saturated carbocycles. The van der Waals surface area contributed by atoms with E-state index in [2.05, 4.69) is 51.1 Å². The number of amides is 2. The number of rotatable bonds is 2. The zero-order chi connectivity index (χ0) is 22.1. The van der Waals surface area contributed by atoms with E-state index < -0.39 is 5.54 Å². The van der Waals surface area contributed by atoms with Crippen molar-refractivity contribution < 1.29 is 9.59 Å². The fourth-order valence-corrected chi connectivity index (χ4v) is 6.94. The maximum Gasteiger partial charge on any atom is 0.266 e. The number of hydrogen-bond donors (Lipinski definition) is 0. The van der Waals surface area contributed by atoms with Gasteiger partial charge >= 0.3 is 0 Å². The van der Waals surface area contributed by atoms with Gasteiger partial charge in [-0.2, -0.15) is 0 Å². The molecular formula is C25H24N2O2S2. The highest BCUT2D eigenvalue weighted by Gasteiger charge is 2.54. The molecule has 1 saturated heterocycles. The third kappa shape index (κ3) is 2.71. The van der Waals surface area contributed by atoms with Gasteiger partial charge < -0.3 is 4.90 Å². The lowest BCUT2D eigenvalue weighted by molar-refractivity contribution is -0.122. The monoisotopic (exact) mass is 448 g/mol. The van der Waals surface area contributed by atoms with E-state index in [1.807, 2.05) is 30.0 Å². The minimum absolute atomic E-state index is 0.0980. The molecule has 2 aromatic carbocycles. The molecule has 0 bridgehead atoms. The van der Waals surface area contributed by atoms with Gasteiger partial charge in [-0.05, 0) is 38.3 Å². The summed E-state index contributed by atoms with van der Waals surface area (Å²) < 4.78 is 0.516. The average molecular weight is 449 g/mol. The molecule has 0 radical (unpaired) electrons. The Morgan fingerprint density at radius 2 is 1.71 bits per heavy atom. The van der Waals surface area contributed by atoms with E-state index in [1.54, 1.807) is 4.90 Å². The Kier molecular flexibility index (Phi) is 4.47. The largest absolute Gasteiger partial charge is 0.302 e. The number of para-hydroxylation sites is 1. The molecule has 3 heterocycles. The molecule has 5 rings (SSSR count). The van der Waals surface area contributed by atoms with Gasteiger partial charge in [-0.25, -0.2) is 0 Å². The number of thioether (sulfide) groups is 1. The zero-order valence-electron chi connectivity index (χ0n) is 18.1. The Morgan fingerprint density at radius 3 is 2.35 bits per heavy atom. The van der Waals surface area contributed by atoms with Crippen LogP contribution in [-0.4, -0.2) is 33.1 Å². The standard InChI is InChI=1S/C25H24N2O2S2/c1-5-26-22(29)20(31-23(26)30)18-16-12-9-13-17-19(16)27(21(18)28)24(2,3)14-25(17,4)15-10-7-6-8-11-15/h6-13H,5,14H2,1-4H3/b20-18-/t25-/m1/s1. The highest BCUT2D eigenvalue weighted by Crippen LogP contribution is 2.57. The van der Waals surface area contributed by atoms with Gasteiger partial charge in [-0.1, -0.05) is 79.4 Å². The van der Waals surface area contributed by atoms with Crippen LogP contribution in [0.1, 0.15) is 50.8 Å². The summed E-state index contributed by atoms with van der Waals surface area (Å²) in [6.07, 6.45) is 0.787. The molecule has 1 fully saturated rings. The predicted molar refractivity (Wildman–Crippen MR) is 130 cm³/mol. The normalized spacial score (nSPS) is 26.6. The van der Waals surface area contributed by atoms with Crippen LogP contribution in [0.5, 0.6) is 0 Å². The molecule has 0 N–H and O–H groups in total. The summed E-state index contributed by atoms with van der Waals surface area (Å²) in [5.41, 5.74) is 3.98. The smallest absolute Gasteiger partial charge is 0.266 e. The van der Waals surface area contributed by atoms with Crippen molar-refractivity contribution in [3.05, 3.63) is 70.1 Å². The molecule has 0 spiro atoms. The van der Waals surface area contributed by atoms with Crippen molar-refractivity contribution in [1.82, 2.24) is 4.90 Å². The van der Waals surface area contributed by atoms with Crippen molar-refractivity contribution in [1.29, 1.82) is 0 Å². The number of carbonyl (C=O) groups excluding carboxylic acids is 2. The summed E-state index contributed by atoms with van der Waals surface area (Å²) >= 11 is 6.66. The summed E-state index contributed by atoms with van der Waals surface area (Å²) in [6.45, 7) is 8.90. The molecule has 2 aromatic rings. The molecule has 0 unspecified atom stereocenters. The molecule has 6 heteroatoms. The molecule has 31 heavy (non-hydrogen) atoms. The van der Waals surface area contributed by atoms with Gasteiger partial charge in [0.2, 0.25) is 0 Å². The first-order chi connectivity index (χ1) is 14.7. The number of anilines is 1. The Bertz CT molecular complexity index is 1190. The van der Waals surface area contributed by atoms with E-state index in [4.69, 9.17) is 12.2 Å². The van der Waals surface area contributed by atoms with Crippen molar-refractivity contribution in [3.63, 3.8) is 0 Å². The first kappa shape index (κ1) is 20.5. The lowest BCUT2D eigenvalue weighted by Crippen LogP contribution is -2.54. The quantitative estimate of drug-likeness (QED) is 0.473. The van der Waals surface area contributed by atoms with Crippen LogP contribution < -0.4 is 4.90 Å². The van der Waals surface area contributed by atoms with Crippen LogP contribution >= 0.6 is 24.0 Å². The number of hydrogen-bond acceptors (Lipinski definition) is 4. The highest BCUT2D eigenvalue weighted by molar-refractivity contribution is 8.26. The fourth-order valence-electron chi connectivity index (χ4n) is 5.48. The molecule has 0 aromatic heterocycles. The van der Waals surface area contributed by atoms with Gasteiger partial charge in [0.05, 0.1) is 16.2 Å². The molecule has 0 aliphatic carbocycles. The second-order valence-corrected chi connectivity index (χ2v) is 10.8. The Hall–Kier alpha value is -2.44. The summed E-state index contributed by atoms with van der Waals surface area (Å²) in [5.74, 6) is -0.263. The average Bonchev–Trinajstić information content (AvgIpc) is 3.19. The lowest BCUT2D eigenvalue weighted by atomic mass is 9.65. The van der Waals surface area contributed by atoms with Gasteiger partial charge in [-0.3, -0.25) is 14.5 Å². The second-order valence-electron chi connectivity index (χ2n) is 9.15. The van der Waals surface area contributed by atoms with Crippen molar-refractivity contribution in [2.75, 3.05) is 11.4 Å². The van der Waals surface area contributed by atoms with E-state index in [0.717, 1.165) is 23.2 Å². The zero-order valence-corrected chi connectivity index (χ0v) is 19.7. The third-order valence-electron chi connectivity index (χ3n) is 6.74. The van der Waals surface area contributed by atoms with Crippen LogP contribution in [0.2, 0.25) is 0 Å². The summed E-state index contributed by atoms with van der Waals surface area (Å²) in [5, 5.41) is 0. The number of likely N-dealkylation sites (N-methyl/N-ethyl adjacent to an activating group) is 1. The van der Waals surface area contributed by atoms with Crippen molar-refractivity contribution in [2.45, 2.75) is 45.1 Å². The first-order valence-electron chi connectivity index (χ1n) is 10.5. The van der Waals surface area contributed by atoms with E-state index in [9.17, 15) is 9.59 Å². The Labute approximate surface area is 192 Å². The van der Waals surface area contributed by atoms with E-state index in [0.29, 0.717) is 21.3 Å². The molecule has 3 aliphatic heterocycles. The van der Waals surface area contributed by atoms with Gasteiger partial charge in [0.15, 0.2) is 0 Å². The maximum atomic E-state index is 13.8. The number of thiocarbonyl (C=S) groups is 1. The van der Waals surface area contributed by atoms with Crippen LogP contribution in [0.15, 0.2) is 53.4 Å². The van der Waals surface area contributed by atoms with E-state index >= 15 is 0 Å². The first-order valence-corrected chi connectivity index (χ1v) is 11.7. The molecule has 3 aliphatic rings. The molecule has 1 atom stereocenters. The van der Waals surface area contributed by atoms with Crippen molar-refractivity contribution >= 4 is 51.4 Å². The van der Waals surface area contributed by atoms with Gasteiger partial charge in [0, 0.05) is 23.1 Å². The molecule has 2 amide bonds. The second kappa shape index (κ2) is 6.78. The van der Waals surface area contributed by atoms with Crippen LogP contribution in [-0.2, 0) is 15.0 Å². The Balaban J connectivity index is 1.79. The van der Waals surface area contributed by atoms with Crippen molar-refractivity contribution in [2.24, 2.45) is 0 Å². The summed E-state index contributed by atoms with van der Waals surface area (Å²) in [6, 6.07) is 16.6. The van der Waals surface area contributed by atoms with Crippen molar-refractivity contribution in [3.8, 4) is 0 Å². The summed E-state index contributed by atoms with van der Waals surface area (Å²) in [4.78, 5) is 30.8. The van der Waals surface area contributed by atoms with E-state index in [1.165, 1.54) is 17.3 Å². The van der Waals surface area contributed by atoms with E-state index in [-0.39, 0.29) is 17.2 Å². The van der Waals surface area contributed by atoms with Crippen LogP contribution in [0, 0.1) is 0 Å². The van der Waals surface area contributed by atoms with Crippen LogP contribution in [0.3, 0.4) is 0 Å². The van der Waals surface area contributed by atoms with Crippen LogP contribution in [0.4, 0.5) is 5.69 Å². The molecular weight excluding hydrogens is 424 g/mol.